The molecule has 1 aromatic rings. The molecule has 0 aliphatic carbocycles. The largest absolute Gasteiger partial charge is 0.324 e. The molecular weight excluding hydrogens is 285 g/mol. The smallest absolute Gasteiger partial charge is 0.238 e. The number of hydrogen-bond donors (Lipinski definition) is 2. The Kier molecular flexibility index (Phi) is 7.16. The predicted octanol–water partition coefficient (Wildman–Crippen LogP) is 2.47. The number of anilines is 1. The molecular formula is C13H19Cl2N3O. The zero-order valence-corrected chi connectivity index (χ0v) is 12.7. The highest BCUT2D eigenvalue weighted by molar-refractivity contribution is 6.43. The third-order valence-corrected chi connectivity index (χ3v) is 3.29. The van der Waals surface area contributed by atoms with E-state index in [2.05, 4.69) is 15.5 Å². The van der Waals surface area contributed by atoms with Gasteiger partial charge in [0.05, 0.1) is 22.3 Å². The molecule has 0 aliphatic rings. The predicted molar refractivity (Wildman–Crippen MR) is 81.1 cm³/mol. The van der Waals surface area contributed by atoms with Crippen LogP contribution in [-0.4, -0.2) is 44.5 Å². The third kappa shape index (κ3) is 6.25. The number of carbonyl (C=O) groups is 1. The van der Waals surface area contributed by atoms with Gasteiger partial charge in [-0.05, 0) is 45.7 Å². The Balaban J connectivity index is 2.29. The molecule has 19 heavy (non-hydrogen) atoms. The Labute approximate surface area is 124 Å². The van der Waals surface area contributed by atoms with E-state index in [9.17, 15) is 4.79 Å². The van der Waals surface area contributed by atoms with Crippen LogP contribution >= 0.6 is 23.2 Å². The molecule has 0 atom stereocenters. The molecule has 1 aromatic carbocycles. The molecule has 0 saturated heterocycles. The van der Waals surface area contributed by atoms with Crippen molar-refractivity contribution in [2.24, 2.45) is 0 Å². The van der Waals surface area contributed by atoms with Crippen LogP contribution in [0.25, 0.3) is 0 Å². The van der Waals surface area contributed by atoms with E-state index in [-0.39, 0.29) is 12.5 Å². The summed E-state index contributed by atoms with van der Waals surface area (Å²) in [6, 6.07) is 5.14. The van der Waals surface area contributed by atoms with Crippen molar-refractivity contribution in [3.05, 3.63) is 28.2 Å². The van der Waals surface area contributed by atoms with E-state index in [4.69, 9.17) is 23.2 Å². The van der Waals surface area contributed by atoms with Gasteiger partial charge in [-0.15, -0.1) is 0 Å². The molecule has 2 N–H and O–H groups in total. The van der Waals surface area contributed by atoms with Gasteiger partial charge in [0.1, 0.15) is 0 Å². The molecule has 0 fully saturated rings. The summed E-state index contributed by atoms with van der Waals surface area (Å²) in [5, 5.41) is 6.60. The van der Waals surface area contributed by atoms with Crippen LogP contribution in [0.15, 0.2) is 18.2 Å². The first-order valence-electron chi connectivity index (χ1n) is 6.10. The lowest BCUT2D eigenvalue weighted by Gasteiger charge is -2.10. The summed E-state index contributed by atoms with van der Waals surface area (Å²) in [5.74, 6) is -0.131. The average molecular weight is 304 g/mol. The van der Waals surface area contributed by atoms with Crippen molar-refractivity contribution in [1.82, 2.24) is 10.2 Å². The fraction of sp³-hybridized carbons (Fsp3) is 0.462. The summed E-state index contributed by atoms with van der Waals surface area (Å²) in [6.07, 6.45) is 0.998. The van der Waals surface area contributed by atoms with Gasteiger partial charge in [0.15, 0.2) is 0 Å². The van der Waals surface area contributed by atoms with Gasteiger partial charge in [0.25, 0.3) is 0 Å². The van der Waals surface area contributed by atoms with Crippen LogP contribution in [0.3, 0.4) is 0 Å². The molecule has 6 heteroatoms. The summed E-state index contributed by atoms with van der Waals surface area (Å²) in [5.41, 5.74) is 0.536. The number of amides is 1. The Bertz CT molecular complexity index is 424. The van der Waals surface area contributed by atoms with Crippen LogP contribution < -0.4 is 10.6 Å². The number of nitrogens with zero attached hydrogens (tertiary/aromatic N) is 1. The maximum absolute atomic E-state index is 11.7. The Morgan fingerprint density at radius 3 is 2.74 bits per heavy atom. The highest BCUT2D eigenvalue weighted by Crippen LogP contribution is 2.29. The van der Waals surface area contributed by atoms with Gasteiger partial charge in [0, 0.05) is 0 Å². The third-order valence-electron chi connectivity index (χ3n) is 2.47. The van der Waals surface area contributed by atoms with E-state index >= 15 is 0 Å². The first kappa shape index (κ1) is 16.2. The number of rotatable bonds is 7. The van der Waals surface area contributed by atoms with Gasteiger partial charge in [0.2, 0.25) is 5.91 Å². The van der Waals surface area contributed by atoms with E-state index in [1.54, 1.807) is 18.2 Å². The Morgan fingerprint density at radius 1 is 1.32 bits per heavy atom. The lowest BCUT2D eigenvalue weighted by molar-refractivity contribution is -0.115. The summed E-state index contributed by atoms with van der Waals surface area (Å²) in [7, 11) is 4.04. The van der Waals surface area contributed by atoms with E-state index in [0.29, 0.717) is 15.7 Å². The second-order valence-electron chi connectivity index (χ2n) is 4.48. The minimum Gasteiger partial charge on any atom is -0.324 e. The zero-order chi connectivity index (χ0) is 14.3. The minimum absolute atomic E-state index is 0.131. The summed E-state index contributed by atoms with van der Waals surface area (Å²) in [4.78, 5) is 13.8. The molecule has 0 aliphatic heterocycles. The quantitative estimate of drug-likeness (QED) is 0.761. The summed E-state index contributed by atoms with van der Waals surface area (Å²) in [6.45, 7) is 2.06. The fourth-order valence-electron chi connectivity index (χ4n) is 1.52. The molecule has 0 bridgehead atoms. The SMILES string of the molecule is CN(C)CCCNCC(=O)Nc1cccc(Cl)c1Cl. The van der Waals surface area contributed by atoms with Crippen molar-refractivity contribution in [3.8, 4) is 0 Å². The summed E-state index contributed by atoms with van der Waals surface area (Å²) < 4.78 is 0. The van der Waals surface area contributed by atoms with Crippen LogP contribution in [0.1, 0.15) is 6.42 Å². The first-order valence-corrected chi connectivity index (χ1v) is 6.85. The highest BCUT2D eigenvalue weighted by Gasteiger charge is 2.07. The monoisotopic (exact) mass is 303 g/mol. The van der Waals surface area contributed by atoms with Crippen LogP contribution in [0.2, 0.25) is 10.0 Å². The van der Waals surface area contributed by atoms with Gasteiger partial charge < -0.3 is 15.5 Å². The van der Waals surface area contributed by atoms with Gasteiger partial charge in [-0.25, -0.2) is 0 Å². The molecule has 0 heterocycles. The maximum atomic E-state index is 11.7. The van der Waals surface area contributed by atoms with Gasteiger partial charge in [-0.3, -0.25) is 4.79 Å². The molecule has 0 radical (unpaired) electrons. The lowest BCUT2D eigenvalue weighted by atomic mass is 10.3. The number of benzene rings is 1. The molecule has 0 aromatic heterocycles. The topological polar surface area (TPSA) is 44.4 Å². The normalized spacial score (nSPS) is 10.8. The van der Waals surface area contributed by atoms with Crippen molar-refractivity contribution in [2.45, 2.75) is 6.42 Å². The molecule has 4 nitrogen and oxygen atoms in total. The van der Waals surface area contributed by atoms with Gasteiger partial charge in [-0.1, -0.05) is 29.3 Å². The molecule has 1 rings (SSSR count). The van der Waals surface area contributed by atoms with E-state index in [1.165, 1.54) is 0 Å². The number of nitrogens with one attached hydrogen (secondary N) is 2. The van der Waals surface area contributed by atoms with E-state index in [1.807, 2.05) is 14.1 Å². The number of hydrogen-bond acceptors (Lipinski definition) is 3. The zero-order valence-electron chi connectivity index (χ0n) is 11.2. The highest BCUT2D eigenvalue weighted by atomic mass is 35.5. The van der Waals surface area contributed by atoms with Crippen molar-refractivity contribution < 1.29 is 4.79 Å². The van der Waals surface area contributed by atoms with E-state index in [0.717, 1.165) is 19.5 Å². The number of halogens is 2. The minimum atomic E-state index is -0.131. The van der Waals surface area contributed by atoms with Crippen molar-refractivity contribution in [3.63, 3.8) is 0 Å². The van der Waals surface area contributed by atoms with Crippen LogP contribution in [0.4, 0.5) is 5.69 Å². The number of carbonyl (C=O) groups excluding carboxylic acids is 1. The van der Waals surface area contributed by atoms with E-state index < -0.39 is 0 Å². The van der Waals surface area contributed by atoms with Crippen LogP contribution in [0, 0.1) is 0 Å². The Hall–Kier alpha value is -0.810. The molecule has 1 amide bonds. The van der Waals surface area contributed by atoms with Gasteiger partial charge in [-0.2, -0.15) is 0 Å². The van der Waals surface area contributed by atoms with Crippen LogP contribution in [-0.2, 0) is 4.79 Å². The fourth-order valence-corrected chi connectivity index (χ4v) is 1.86. The lowest BCUT2D eigenvalue weighted by Crippen LogP contribution is -2.30. The second kappa shape index (κ2) is 8.38. The molecule has 0 spiro atoms. The second-order valence-corrected chi connectivity index (χ2v) is 5.27. The van der Waals surface area contributed by atoms with Crippen LogP contribution in [0.5, 0.6) is 0 Å². The van der Waals surface area contributed by atoms with Crippen molar-refractivity contribution in [2.75, 3.05) is 39.0 Å². The maximum Gasteiger partial charge on any atom is 0.238 e. The van der Waals surface area contributed by atoms with Gasteiger partial charge >= 0.3 is 0 Å². The molecule has 0 unspecified atom stereocenters. The summed E-state index contributed by atoms with van der Waals surface area (Å²) >= 11 is 11.9. The molecule has 0 saturated carbocycles. The van der Waals surface area contributed by atoms with Crippen molar-refractivity contribution >= 4 is 34.8 Å². The average Bonchev–Trinajstić information content (AvgIpc) is 2.34. The Morgan fingerprint density at radius 2 is 2.05 bits per heavy atom. The molecule has 106 valence electrons. The standard InChI is InChI=1S/C13H19Cl2N3O/c1-18(2)8-4-7-16-9-12(19)17-11-6-3-5-10(14)13(11)15/h3,5-6,16H,4,7-9H2,1-2H3,(H,17,19). The first-order chi connectivity index (χ1) is 9.00. The van der Waals surface area contributed by atoms with Crippen molar-refractivity contribution in [1.29, 1.82) is 0 Å².